The van der Waals surface area contributed by atoms with Crippen LogP contribution >= 0.6 is 0 Å². The van der Waals surface area contributed by atoms with Gasteiger partial charge in [-0.05, 0) is 37.8 Å². The maximum absolute atomic E-state index is 12.0. The number of hydrogen-bond donors (Lipinski definition) is 2. The zero-order valence-electron chi connectivity index (χ0n) is 14.7. The lowest BCUT2D eigenvalue weighted by Gasteiger charge is -2.16. The van der Waals surface area contributed by atoms with Crippen molar-refractivity contribution in [1.82, 2.24) is 10.6 Å². The van der Waals surface area contributed by atoms with Crippen LogP contribution in [0.2, 0.25) is 0 Å². The first-order valence-corrected chi connectivity index (χ1v) is 8.74. The fraction of sp³-hybridized carbons (Fsp3) is 0.381. The summed E-state index contributed by atoms with van der Waals surface area (Å²) in [5, 5.41) is 6.50. The van der Waals surface area contributed by atoms with Gasteiger partial charge in [0.05, 0.1) is 0 Å². The first-order valence-electron chi connectivity index (χ1n) is 8.74. The van der Waals surface area contributed by atoms with Crippen molar-refractivity contribution in [2.24, 2.45) is 0 Å². The minimum Gasteiger partial charge on any atom is -0.353 e. The Hall–Kier alpha value is -2.13. The van der Waals surface area contributed by atoms with Crippen molar-refractivity contribution in [3.63, 3.8) is 0 Å². The van der Waals surface area contributed by atoms with E-state index in [1.54, 1.807) is 0 Å². The summed E-state index contributed by atoms with van der Waals surface area (Å²) in [6.45, 7) is 4.91. The topological polar surface area (TPSA) is 41.1 Å². The maximum atomic E-state index is 12.0. The van der Waals surface area contributed by atoms with Crippen molar-refractivity contribution in [3.8, 4) is 0 Å². The van der Waals surface area contributed by atoms with Crippen LogP contribution in [-0.4, -0.2) is 24.5 Å². The average Bonchev–Trinajstić information content (AvgIpc) is 2.56. The van der Waals surface area contributed by atoms with Crippen LogP contribution in [0.5, 0.6) is 0 Å². The van der Waals surface area contributed by atoms with E-state index in [9.17, 15) is 4.79 Å². The minimum atomic E-state index is 0.109. The normalized spacial score (nSPS) is 13.2. The van der Waals surface area contributed by atoms with Crippen LogP contribution in [0.3, 0.4) is 0 Å². The predicted octanol–water partition coefficient (Wildman–Crippen LogP) is 3.34. The molecular formula is C21H28N2O. The molecule has 3 heteroatoms. The summed E-state index contributed by atoms with van der Waals surface area (Å²) in [6, 6.07) is 21.2. The molecule has 0 heterocycles. The van der Waals surface area contributed by atoms with Crippen molar-refractivity contribution < 1.29 is 4.79 Å². The van der Waals surface area contributed by atoms with E-state index < -0.39 is 0 Å². The van der Waals surface area contributed by atoms with Crippen molar-refractivity contribution in [2.75, 3.05) is 6.54 Å². The number of hydrogen-bond acceptors (Lipinski definition) is 2. The van der Waals surface area contributed by atoms with Crippen LogP contribution in [0.15, 0.2) is 60.7 Å². The Morgan fingerprint density at radius 2 is 1.33 bits per heavy atom. The summed E-state index contributed by atoms with van der Waals surface area (Å²) < 4.78 is 0. The highest BCUT2D eigenvalue weighted by molar-refractivity contribution is 5.76. The summed E-state index contributed by atoms with van der Waals surface area (Å²) in [7, 11) is 0. The molecule has 2 atom stereocenters. The standard InChI is InChI=1S/C21H28N2O/c1-17(15-19-9-5-3-6-10-19)22-14-13-21(24)23-18(2)16-20-11-7-4-8-12-20/h3-12,17-18,22H,13-16H2,1-2H3,(H,23,24)/t17-,18+/m0/s1. The number of carbonyl (C=O) groups excluding carboxylic acids is 1. The molecule has 0 aliphatic rings. The molecule has 3 nitrogen and oxygen atoms in total. The fourth-order valence-corrected chi connectivity index (χ4v) is 2.84. The molecule has 0 saturated carbocycles. The van der Waals surface area contributed by atoms with Gasteiger partial charge in [-0.3, -0.25) is 4.79 Å². The first kappa shape index (κ1) is 18.2. The lowest BCUT2D eigenvalue weighted by atomic mass is 10.1. The largest absolute Gasteiger partial charge is 0.353 e. The van der Waals surface area contributed by atoms with Gasteiger partial charge < -0.3 is 10.6 Å². The van der Waals surface area contributed by atoms with E-state index >= 15 is 0 Å². The molecule has 2 aromatic carbocycles. The molecule has 0 aromatic heterocycles. The quantitative estimate of drug-likeness (QED) is 0.743. The maximum Gasteiger partial charge on any atom is 0.221 e. The average molecular weight is 324 g/mol. The molecule has 0 spiro atoms. The summed E-state index contributed by atoms with van der Waals surface area (Å²) >= 11 is 0. The van der Waals surface area contributed by atoms with Gasteiger partial charge in [0, 0.05) is 25.0 Å². The molecule has 0 aliphatic carbocycles. The number of nitrogens with one attached hydrogen (secondary N) is 2. The Balaban J connectivity index is 1.62. The molecule has 0 fully saturated rings. The summed E-state index contributed by atoms with van der Waals surface area (Å²) in [4.78, 5) is 12.0. The van der Waals surface area contributed by atoms with E-state index in [0.717, 1.165) is 12.8 Å². The lowest BCUT2D eigenvalue weighted by molar-refractivity contribution is -0.121. The molecule has 128 valence electrons. The third-order valence-electron chi connectivity index (χ3n) is 4.02. The molecule has 24 heavy (non-hydrogen) atoms. The molecule has 0 aliphatic heterocycles. The number of rotatable bonds is 9. The Labute approximate surface area is 145 Å². The predicted molar refractivity (Wildman–Crippen MR) is 100.0 cm³/mol. The van der Waals surface area contributed by atoms with Gasteiger partial charge in [-0.15, -0.1) is 0 Å². The van der Waals surface area contributed by atoms with Crippen LogP contribution in [0.1, 0.15) is 31.4 Å². The molecule has 2 rings (SSSR count). The number of carbonyl (C=O) groups is 1. The molecule has 0 radical (unpaired) electrons. The van der Waals surface area contributed by atoms with E-state index in [2.05, 4.69) is 60.9 Å². The van der Waals surface area contributed by atoms with Crippen molar-refractivity contribution in [3.05, 3.63) is 71.8 Å². The Kier molecular flexibility index (Phi) is 7.50. The Morgan fingerprint density at radius 1 is 0.833 bits per heavy atom. The van der Waals surface area contributed by atoms with Crippen LogP contribution in [-0.2, 0) is 17.6 Å². The molecule has 1 amide bonds. The zero-order chi connectivity index (χ0) is 17.2. The van der Waals surface area contributed by atoms with Gasteiger partial charge in [-0.2, -0.15) is 0 Å². The number of amides is 1. The van der Waals surface area contributed by atoms with Gasteiger partial charge in [0.25, 0.3) is 0 Å². The molecule has 0 saturated heterocycles. The van der Waals surface area contributed by atoms with Crippen molar-refractivity contribution in [2.45, 2.75) is 45.2 Å². The van der Waals surface area contributed by atoms with Crippen LogP contribution in [0.4, 0.5) is 0 Å². The zero-order valence-corrected chi connectivity index (χ0v) is 14.7. The third-order valence-corrected chi connectivity index (χ3v) is 4.02. The van der Waals surface area contributed by atoms with E-state index in [0.29, 0.717) is 19.0 Å². The van der Waals surface area contributed by atoms with Crippen LogP contribution in [0.25, 0.3) is 0 Å². The van der Waals surface area contributed by atoms with Gasteiger partial charge in [0.1, 0.15) is 0 Å². The summed E-state index contributed by atoms with van der Waals surface area (Å²) in [5.41, 5.74) is 2.57. The van der Waals surface area contributed by atoms with Gasteiger partial charge in [0.15, 0.2) is 0 Å². The van der Waals surface area contributed by atoms with E-state index in [1.807, 2.05) is 24.3 Å². The highest BCUT2D eigenvalue weighted by Crippen LogP contribution is 2.04. The molecule has 0 bridgehead atoms. The molecular weight excluding hydrogens is 296 g/mol. The highest BCUT2D eigenvalue weighted by atomic mass is 16.1. The second kappa shape index (κ2) is 9.89. The van der Waals surface area contributed by atoms with E-state index in [4.69, 9.17) is 0 Å². The van der Waals surface area contributed by atoms with E-state index in [-0.39, 0.29) is 11.9 Å². The second-order valence-electron chi connectivity index (χ2n) is 6.45. The summed E-state index contributed by atoms with van der Waals surface area (Å²) in [5.74, 6) is 0.109. The van der Waals surface area contributed by atoms with Gasteiger partial charge >= 0.3 is 0 Å². The van der Waals surface area contributed by atoms with Crippen molar-refractivity contribution in [1.29, 1.82) is 0 Å². The molecule has 2 N–H and O–H groups in total. The number of benzene rings is 2. The Morgan fingerprint density at radius 3 is 1.88 bits per heavy atom. The second-order valence-corrected chi connectivity index (χ2v) is 6.45. The van der Waals surface area contributed by atoms with Gasteiger partial charge in [-0.1, -0.05) is 60.7 Å². The SMILES string of the molecule is C[C@H](Cc1ccccc1)NC(=O)CCN[C@@H](C)Cc1ccccc1. The monoisotopic (exact) mass is 324 g/mol. The fourth-order valence-electron chi connectivity index (χ4n) is 2.84. The van der Waals surface area contributed by atoms with Gasteiger partial charge in [-0.25, -0.2) is 0 Å². The van der Waals surface area contributed by atoms with Gasteiger partial charge in [0.2, 0.25) is 5.91 Å². The van der Waals surface area contributed by atoms with Crippen molar-refractivity contribution >= 4 is 5.91 Å². The lowest BCUT2D eigenvalue weighted by Crippen LogP contribution is -2.37. The van der Waals surface area contributed by atoms with E-state index in [1.165, 1.54) is 11.1 Å². The summed E-state index contributed by atoms with van der Waals surface area (Å²) in [6.07, 6.45) is 2.36. The first-order chi connectivity index (χ1) is 11.6. The minimum absolute atomic E-state index is 0.109. The molecule has 2 aromatic rings. The van der Waals surface area contributed by atoms with Crippen LogP contribution < -0.4 is 10.6 Å². The van der Waals surface area contributed by atoms with Crippen LogP contribution in [0, 0.1) is 0 Å². The highest BCUT2D eigenvalue weighted by Gasteiger charge is 2.09. The Bertz CT molecular complexity index is 598. The molecule has 0 unspecified atom stereocenters. The smallest absolute Gasteiger partial charge is 0.221 e. The third kappa shape index (κ3) is 6.97.